The molecule has 0 atom stereocenters. The van der Waals surface area contributed by atoms with Crippen molar-refractivity contribution in [3.8, 4) is 0 Å². The molecule has 0 bridgehead atoms. The maximum absolute atomic E-state index is 11.8. The van der Waals surface area contributed by atoms with E-state index in [-0.39, 0.29) is 0 Å². The van der Waals surface area contributed by atoms with Gasteiger partial charge in [-0.15, -0.1) is 0 Å². The molecule has 1 aromatic carbocycles. The highest BCUT2D eigenvalue weighted by atomic mass is 79.9. The summed E-state index contributed by atoms with van der Waals surface area (Å²) in [6.45, 7) is 5.99. The summed E-state index contributed by atoms with van der Waals surface area (Å²) in [6, 6.07) is 3.50. The average Bonchev–Trinajstić information content (AvgIpc) is 2.11. The molecule has 1 N–H and O–H groups in total. The van der Waals surface area contributed by atoms with E-state index in [1.54, 1.807) is 13.0 Å². The number of benzene rings is 1. The van der Waals surface area contributed by atoms with E-state index in [1.807, 2.05) is 19.9 Å². The minimum absolute atomic E-state index is 0.299. The Morgan fingerprint density at radius 1 is 1.27 bits per heavy atom. The van der Waals surface area contributed by atoms with Gasteiger partial charge in [-0.1, -0.05) is 6.92 Å². The van der Waals surface area contributed by atoms with Crippen LogP contribution < -0.4 is 4.72 Å². The predicted octanol–water partition coefficient (Wildman–Crippen LogP) is 2.36. The van der Waals surface area contributed by atoms with Crippen LogP contribution in [0.5, 0.6) is 0 Å². The highest BCUT2D eigenvalue weighted by Gasteiger charge is 2.17. The van der Waals surface area contributed by atoms with E-state index in [1.165, 1.54) is 0 Å². The fourth-order valence-corrected chi connectivity index (χ4v) is 3.51. The monoisotopic (exact) mass is 291 g/mol. The average molecular weight is 292 g/mol. The van der Waals surface area contributed by atoms with Gasteiger partial charge in [-0.05, 0) is 53.0 Å². The summed E-state index contributed by atoms with van der Waals surface area (Å²) >= 11 is 3.27. The van der Waals surface area contributed by atoms with Gasteiger partial charge in [0.25, 0.3) is 0 Å². The fourth-order valence-electron chi connectivity index (χ4n) is 1.23. The van der Waals surface area contributed by atoms with Crippen LogP contribution in [0.15, 0.2) is 21.5 Å². The molecular formula is C10H14BrNO2S. The number of halogens is 1. The molecule has 0 saturated heterocycles. The summed E-state index contributed by atoms with van der Waals surface area (Å²) in [5.74, 6) is 0. The maximum atomic E-state index is 11.8. The summed E-state index contributed by atoms with van der Waals surface area (Å²) in [5, 5.41) is 0. The normalized spacial score (nSPS) is 11.7. The molecule has 0 aliphatic rings. The van der Waals surface area contributed by atoms with Gasteiger partial charge in [0.05, 0.1) is 4.90 Å². The van der Waals surface area contributed by atoms with E-state index in [0.29, 0.717) is 15.9 Å². The first-order valence-electron chi connectivity index (χ1n) is 4.65. The van der Waals surface area contributed by atoms with E-state index < -0.39 is 10.0 Å². The summed E-state index contributed by atoms with van der Waals surface area (Å²) < 4.78 is 26.6. The van der Waals surface area contributed by atoms with Gasteiger partial charge < -0.3 is 0 Å². The lowest BCUT2D eigenvalue weighted by Crippen LogP contribution is -2.23. The van der Waals surface area contributed by atoms with E-state index in [9.17, 15) is 8.42 Å². The molecule has 3 nitrogen and oxygen atoms in total. The quantitative estimate of drug-likeness (QED) is 0.929. The van der Waals surface area contributed by atoms with Crippen LogP contribution in [0.25, 0.3) is 0 Å². The lowest BCUT2D eigenvalue weighted by Gasteiger charge is -2.09. The minimum Gasteiger partial charge on any atom is -0.211 e. The Bertz CT molecular complexity index is 469. The van der Waals surface area contributed by atoms with Gasteiger partial charge in [0.15, 0.2) is 0 Å². The Kier molecular flexibility index (Phi) is 3.92. The molecule has 0 unspecified atom stereocenters. The first-order chi connectivity index (χ1) is 6.88. The topological polar surface area (TPSA) is 46.2 Å². The molecule has 0 fully saturated rings. The molecule has 1 aromatic rings. The zero-order valence-corrected chi connectivity index (χ0v) is 11.4. The van der Waals surface area contributed by atoms with E-state index in [2.05, 4.69) is 20.7 Å². The zero-order chi connectivity index (χ0) is 11.6. The first kappa shape index (κ1) is 12.7. The summed E-state index contributed by atoms with van der Waals surface area (Å²) in [7, 11) is -3.38. The molecule has 0 amide bonds. The Hall–Kier alpha value is -0.390. The molecule has 84 valence electrons. The molecule has 15 heavy (non-hydrogen) atoms. The number of aryl methyl sites for hydroxylation is 2. The minimum atomic E-state index is -3.38. The molecule has 0 radical (unpaired) electrons. The van der Waals surface area contributed by atoms with Gasteiger partial charge >= 0.3 is 0 Å². The summed E-state index contributed by atoms with van der Waals surface area (Å²) in [4.78, 5) is 0.299. The lowest BCUT2D eigenvalue weighted by atomic mass is 10.1. The molecule has 0 aliphatic carbocycles. The fraction of sp³-hybridized carbons (Fsp3) is 0.400. The molecule has 0 saturated carbocycles. The van der Waals surface area contributed by atoms with Crippen LogP contribution in [-0.2, 0) is 10.0 Å². The molecule has 0 heterocycles. The second-order valence-electron chi connectivity index (χ2n) is 3.37. The second-order valence-corrected chi connectivity index (χ2v) is 5.96. The van der Waals surface area contributed by atoms with Gasteiger partial charge in [-0.3, -0.25) is 0 Å². The third kappa shape index (κ3) is 2.80. The number of rotatable bonds is 3. The SMILES string of the molecule is CCNS(=O)(=O)c1cc(C)c(C)cc1Br. The van der Waals surface area contributed by atoms with Crippen molar-refractivity contribution < 1.29 is 8.42 Å². The van der Waals surface area contributed by atoms with E-state index in [4.69, 9.17) is 0 Å². The van der Waals surface area contributed by atoms with Crippen molar-refractivity contribution in [3.63, 3.8) is 0 Å². The highest BCUT2D eigenvalue weighted by molar-refractivity contribution is 9.10. The maximum Gasteiger partial charge on any atom is 0.241 e. The first-order valence-corrected chi connectivity index (χ1v) is 6.92. The van der Waals surface area contributed by atoms with Crippen molar-refractivity contribution in [2.75, 3.05) is 6.54 Å². The Labute approximate surface area is 99.1 Å². The van der Waals surface area contributed by atoms with Crippen LogP contribution in [0.2, 0.25) is 0 Å². The van der Waals surface area contributed by atoms with Crippen LogP contribution in [0, 0.1) is 13.8 Å². The van der Waals surface area contributed by atoms with Gasteiger partial charge in [0.2, 0.25) is 10.0 Å². The highest BCUT2D eigenvalue weighted by Crippen LogP contribution is 2.25. The largest absolute Gasteiger partial charge is 0.241 e. The van der Waals surface area contributed by atoms with Gasteiger partial charge in [-0.2, -0.15) is 0 Å². The van der Waals surface area contributed by atoms with Gasteiger partial charge in [0, 0.05) is 11.0 Å². The van der Waals surface area contributed by atoms with Crippen molar-refractivity contribution in [1.82, 2.24) is 4.72 Å². The van der Waals surface area contributed by atoms with Crippen LogP contribution in [0.4, 0.5) is 0 Å². The molecule has 0 aromatic heterocycles. The van der Waals surface area contributed by atoms with Crippen molar-refractivity contribution in [2.24, 2.45) is 0 Å². The van der Waals surface area contributed by atoms with E-state index in [0.717, 1.165) is 11.1 Å². The molecular weight excluding hydrogens is 278 g/mol. The smallest absolute Gasteiger partial charge is 0.211 e. The van der Waals surface area contributed by atoms with Crippen molar-refractivity contribution in [3.05, 3.63) is 27.7 Å². The van der Waals surface area contributed by atoms with Crippen molar-refractivity contribution in [2.45, 2.75) is 25.7 Å². The predicted molar refractivity (Wildman–Crippen MR) is 64.5 cm³/mol. The summed E-state index contributed by atoms with van der Waals surface area (Å²) in [6.07, 6.45) is 0. The number of hydrogen-bond acceptors (Lipinski definition) is 2. The standard InChI is InChI=1S/C10H14BrNO2S/c1-4-12-15(13,14)10-6-8(3)7(2)5-9(10)11/h5-6,12H,4H2,1-3H3. The third-order valence-corrected chi connectivity index (χ3v) is 4.68. The van der Waals surface area contributed by atoms with Crippen LogP contribution in [-0.4, -0.2) is 15.0 Å². The lowest BCUT2D eigenvalue weighted by molar-refractivity contribution is 0.583. The summed E-state index contributed by atoms with van der Waals surface area (Å²) in [5.41, 5.74) is 2.03. The van der Waals surface area contributed by atoms with E-state index >= 15 is 0 Å². The van der Waals surface area contributed by atoms with Crippen LogP contribution in [0.1, 0.15) is 18.1 Å². The van der Waals surface area contributed by atoms with Crippen LogP contribution in [0.3, 0.4) is 0 Å². The van der Waals surface area contributed by atoms with Gasteiger partial charge in [0.1, 0.15) is 0 Å². The van der Waals surface area contributed by atoms with Crippen molar-refractivity contribution >= 4 is 26.0 Å². The van der Waals surface area contributed by atoms with Crippen LogP contribution >= 0.6 is 15.9 Å². The second kappa shape index (κ2) is 4.63. The number of sulfonamides is 1. The Balaban J connectivity index is 3.33. The molecule has 5 heteroatoms. The molecule has 1 rings (SSSR count). The zero-order valence-electron chi connectivity index (χ0n) is 8.96. The molecule has 0 aliphatic heterocycles. The third-order valence-electron chi connectivity index (χ3n) is 2.17. The van der Waals surface area contributed by atoms with Gasteiger partial charge in [-0.25, -0.2) is 13.1 Å². The number of hydrogen-bond donors (Lipinski definition) is 1. The Morgan fingerprint density at radius 2 is 1.80 bits per heavy atom. The number of nitrogens with one attached hydrogen (secondary N) is 1. The molecule has 0 spiro atoms. The van der Waals surface area contributed by atoms with Crippen molar-refractivity contribution in [1.29, 1.82) is 0 Å². The Morgan fingerprint density at radius 3 is 2.33 bits per heavy atom.